The fourth-order valence-electron chi connectivity index (χ4n) is 2.12. The summed E-state index contributed by atoms with van der Waals surface area (Å²) in [6.45, 7) is 4.06. The molecule has 0 aliphatic carbocycles. The lowest BCUT2D eigenvalue weighted by Crippen LogP contribution is -2.07. The van der Waals surface area contributed by atoms with Crippen molar-refractivity contribution >= 4 is 22.8 Å². The van der Waals surface area contributed by atoms with Gasteiger partial charge in [-0.25, -0.2) is 9.78 Å². The van der Waals surface area contributed by atoms with Crippen LogP contribution in [-0.4, -0.2) is 27.9 Å². The molecule has 0 amide bonds. The van der Waals surface area contributed by atoms with Crippen LogP contribution >= 0.6 is 0 Å². The minimum atomic E-state index is -0.364. The Kier molecular flexibility index (Phi) is 4.17. The minimum absolute atomic E-state index is 0.0175. The average molecular weight is 274 g/mol. The number of aryl methyl sites for hydroxylation is 1. The molecule has 0 fully saturated rings. The maximum Gasteiger partial charge on any atom is 0.338 e. The summed E-state index contributed by atoms with van der Waals surface area (Å²) in [4.78, 5) is 28.0. The van der Waals surface area contributed by atoms with Gasteiger partial charge in [-0.3, -0.25) is 4.79 Å². The second-order valence-corrected chi connectivity index (χ2v) is 4.59. The van der Waals surface area contributed by atoms with Gasteiger partial charge in [0.15, 0.2) is 11.6 Å². The fraction of sp³-hybridized carbons (Fsp3) is 0.400. The van der Waals surface area contributed by atoms with Crippen LogP contribution in [-0.2, 0) is 11.8 Å². The molecule has 0 unspecified atom stereocenters. The molecule has 1 aromatic heterocycles. The molecule has 0 atom stereocenters. The lowest BCUT2D eigenvalue weighted by Gasteiger charge is -2.03. The number of hydrogen-bond acceptors (Lipinski definition) is 4. The topological polar surface area (TPSA) is 61.2 Å². The monoisotopic (exact) mass is 274 g/mol. The second kappa shape index (κ2) is 5.86. The van der Waals surface area contributed by atoms with Crippen molar-refractivity contribution < 1.29 is 14.3 Å². The van der Waals surface area contributed by atoms with Gasteiger partial charge >= 0.3 is 5.97 Å². The second-order valence-electron chi connectivity index (χ2n) is 4.59. The zero-order chi connectivity index (χ0) is 14.7. The van der Waals surface area contributed by atoms with Crippen molar-refractivity contribution in [3.63, 3.8) is 0 Å². The predicted molar refractivity (Wildman–Crippen MR) is 75.9 cm³/mol. The van der Waals surface area contributed by atoms with Gasteiger partial charge in [0.2, 0.25) is 0 Å². The van der Waals surface area contributed by atoms with Crippen LogP contribution in [0.1, 0.15) is 47.7 Å². The van der Waals surface area contributed by atoms with Crippen LogP contribution in [0.5, 0.6) is 0 Å². The van der Waals surface area contributed by atoms with Crippen molar-refractivity contribution in [2.24, 2.45) is 7.05 Å². The lowest BCUT2D eigenvalue weighted by atomic mass is 10.2. The first-order chi connectivity index (χ1) is 9.58. The number of benzene rings is 1. The molecule has 2 aromatic rings. The number of Topliss-reactive ketones (excluding diaryl/α,β-unsaturated/α-hetero) is 1. The Morgan fingerprint density at radius 1 is 1.30 bits per heavy atom. The molecule has 106 valence electrons. The van der Waals surface area contributed by atoms with Crippen molar-refractivity contribution in [2.75, 3.05) is 6.61 Å². The third kappa shape index (κ3) is 2.57. The molecule has 0 bridgehead atoms. The third-order valence-electron chi connectivity index (χ3n) is 3.12. The van der Waals surface area contributed by atoms with Crippen LogP contribution in [0.4, 0.5) is 0 Å². The Morgan fingerprint density at radius 2 is 2.05 bits per heavy atom. The zero-order valence-corrected chi connectivity index (χ0v) is 12.0. The van der Waals surface area contributed by atoms with E-state index in [4.69, 9.17) is 4.74 Å². The van der Waals surface area contributed by atoms with Gasteiger partial charge in [0.05, 0.1) is 23.2 Å². The van der Waals surface area contributed by atoms with Gasteiger partial charge in [0, 0.05) is 13.5 Å². The number of ketones is 1. The number of ether oxygens (including phenoxy) is 1. The maximum atomic E-state index is 12.0. The molecule has 2 rings (SSSR count). The number of fused-ring (bicyclic) bond motifs is 1. The molecule has 0 saturated heterocycles. The molecule has 0 radical (unpaired) electrons. The highest BCUT2D eigenvalue weighted by molar-refractivity contribution is 5.98. The number of rotatable bonds is 5. The van der Waals surface area contributed by atoms with Gasteiger partial charge in [-0.05, 0) is 31.5 Å². The molecule has 1 aromatic carbocycles. The summed E-state index contributed by atoms with van der Waals surface area (Å²) in [5.41, 5.74) is 1.94. The standard InChI is InChI=1S/C15H18N2O3/c1-4-6-13(18)14-16-11-8-7-10(15(19)20-5-2)9-12(11)17(14)3/h7-9H,4-6H2,1-3H3. The number of hydrogen-bond donors (Lipinski definition) is 0. The van der Waals surface area contributed by atoms with Crippen molar-refractivity contribution in [1.82, 2.24) is 9.55 Å². The van der Waals surface area contributed by atoms with Gasteiger partial charge in [-0.1, -0.05) is 6.92 Å². The highest BCUT2D eigenvalue weighted by Gasteiger charge is 2.16. The van der Waals surface area contributed by atoms with Gasteiger partial charge in [-0.2, -0.15) is 0 Å². The zero-order valence-electron chi connectivity index (χ0n) is 12.0. The van der Waals surface area contributed by atoms with Crippen molar-refractivity contribution in [1.29, 1.82) is 0 Å². The quantitative estimate of drug-likeness (QED) is 0.621. The van der Waals surface area contributed by atoms with E-state index >= 15 is 0 Å². The molecule has 0 aliphatic heterocycles. The van der Waals surface area contributed by atoms with Crippen molar-refractivity contribution in [3.05, 3.63) is 29.6 Å². The van der Waals surface area contributed by atoms with E-state index in [1.807, 2.05) is 6.92 Å². The largest absolute Gasteiger partial charge is 0.462 e. The number of esters is 1. The average Bonchev–Trinajstić information content (AvgIpc) is 2.76. The van der Waals surface area contributed by atoms with Crippen LogP contribution in [0, 0.1) is 0 Å². The molecular weight excluding hydrogens is 256 g/mol. The van der Waals surface area contributed by atoms with Crippen LogP contribution in [0.15, 0.2) is 18.2 Å². The number of carbonyl (C=O) groups is 2. The van der Waals surface area contributed by atoms with Crippen LogP contribution in [0.25, 0.3) is 11.0 Å². The number of nitrogens with zero attached hydrogens (tertiary/aromatic N) is 2. The van der Waals surface area contributed by atoms with E-state index in [-0.39, 0.29) is 11.8 Å². The number of carbonyl (C=O) groups excluding carboxylic acids is 2. The highest BCUT2D eigenvalue weighted by atomic mass is 16.5. The maximum absolute atomic E-state index is 12.0. The van der Waals surface area contributed by atoms with Gasteiger partial charge < -0.3 is 9.30 Å². The molecule has 1 heterocycles. The van der Waals surface area contributed by atoms with E-state index in [1.54, 1.807) is 36.7 Å². The number of aromatic nitrogens is 2. The summed E-state index contributed by atoms with van der Waals surface area (Å²) in [5, 5.41) is 0. The van der Waals surface area contributed by atoms with Crippen molar-refractivity contribution in [2.45, 2.75) is 26.7 Å². The van der Waals surface area contributed by atoms with E-state index in [0.29, 0.717) is 29.9 Å². The summed E-state index contributed by atoms with van der Waals surface area (Å²) >= 11 is 0. The predicted octanol–water partition coefficient (Wildman–Crippen LogP) is 2.73. The molecule has 20 heavy (non-hydrogen) atoms. The van der Waals surface area contributed by atoms with Gasteiger partial charge in [-0.15, -0.1) is 0 Å². The fourth-order valence-corrected chi connectivity index (χ4v) is 2.12. The van der Waals surface area contributed by atoms with Gasteiger partial charge in [0.25, 0.3) is 0 Å². The van der Waals surface area contributed by atoms with E-state index in [2.05, 4.69) is 4.98 Å². The Labute approximate surface area is 117 Å². The van der Waals surface area contributed by atoms with Crippen LogP contribution in [0.2, 0.25) is 0 Å². The molecule has 0 aliphatic rings. The first-order valence-corrected chi connectivity index (χ1v) is 6.75. The Bertz CT molecular complexity index is 658. The Morgan fingerprint density at radius 3 is 2.70 bits per heavy atom. The van der Waals surface area contributed by atoms with Crippen LogP contribution < -0.4 is 0 Å². The first kappa shape index (κ1) is 14.2. The molecule has 5 heteroatoms. The number of imidazole rings is 1. The van der Waals surface area contributed by atoms with Crippen molar-refractivity contribution in [3.8, 4) is 0 Å². The first-order valence-electron chi connectivity index (χ1n) is 6.75. The molecule has 0 saturated carbocycles. The third-order valence-corrected chi connectivity index (χ3v) is 3.12. The smallest absolute Gasteiger partial charge is 0.338 e. The summed E-state index contributed by atoms with van der Waals surface area (Å²) < 4.78 is 6.71. The normalized spacial score (nSPS) is 10.8. The summed E-state index contributed by atoms with van der Waals surface area (Å²) in [6, 6.07) is 5.12. The van der Waals surface area contributed by atoms with Crippen LogP contribution in [0.3, 0.4) is 0 Å². The lowest BCUT2D eigenvalue weighted by molar-refractivity contribution is 0.0526. The summed E-state index contributed by atoms with van der Waals surface area (Å²) in [5.74, 6) is 0.0868. The van der Waals surface area contributed by atoms with E-state index < -0.39 is 0 Å². The Hall–Kier alpha value is -2.17. The molecular formula is C15H18N2O3. The summed E-state index contributed by atoms with van der Waals surface area (Å²) in [7, 11) is 1.78. The van der Waals surface area contributed by atoms with E-state index in [9.17, 15) is 9.59 Å². The molecule has 0 N–H and O–H groups in total. The van der Waals surface area contributed by atoms with Gasteiger partial charge in [0.1, 0.15) is 0 Å². The molecule has 5 nitrogen and oxygen atoms in total. The molecule has 0 spiro atoms. The SMILES string of the molecule is CCCC(=O)c1nc2ccc(C(=O)OCC)cc2n1C. The van der Waals surface area contributed by atoms with E-state index in [1.165, 1.54) is 0 Å². The Balaban J connectivity index is 2.45. The summed E-state index contributed by atoms with van der Waals surface area (Å²) in [6.07, 6.45) is 1.26. The minimum Gasteiger partial charge on any atom is -0.462 e. The van der Waals surface area contributed by atoms with E-state index in [0.717, 1.165) is 11.9 Å². The highest BCUT2D eigenvalue weighted by Crippen LogP contribution is 2.18.